The molecular weight excluding hydrogens is 345 g/mol. The van der Waals surface area contributed by atoms with Gasteiger partial charge >= 0.3 is 0 Å². The van der Waals surface area contributed by atoms with Crippen molar-refractivity contribution in [3.8, 4) is 16.9 Å². The van der Waals surface area contributed by atoms with E-state index in [0.29, 0.717) is 18.6 Å². The van der Waals surface area contributed by atoms with Crippen molar-refractivity contribution in [2.75, 3.05) is 7.11 Å². The lowest BCUT2D eigenvalue weighted by Crippen LogP contribution is -2.27. The number of hydrogen-bond acceptors (Lipinski definition) is 4. The lowest BCUT2D eigenvalue weighted by molar-refractivity contribution is -0.121. The molecule has 0 aliphatic carbocycles. The number of halogens is 1. The fraction of sp³-hybridized carbons (Fsp3) is 0.190. The molecular formula is C21H20FN3O2. The second-order valence-electron chi connectivity index (χ2n) is 6.25. The average Bonchev–Trinajstić information content (AvgIpc) is 2.68. The van der Waals surface area contributed by atoms with Crippen LogP contribution in [0, 0.1) is 11.7 Å². The van der Waals surface area contributed by atoms with Crippen molar-refractivity contribution < 1.29 is 13.9 Å². The lowest BCUT2D eigenvalue weighted by Gasteiger charge is -2.14. The number of methoxy groups -OCH3 is 1. The van der Waals surface area contributed by atoms with Gasteiger partial charge in [0.15, 0.2) is 0 Å². The van der Waals surface area contributed by atoms with Gasteiger partial charge in [-0.2, -0.15) is 0 Å². The molecule has 2 N–H and O–H groups in total. The van der Waals surface area contributed by atoms with Crippen LogP contribution in [0.3, 0.4) is 0 Å². The normalized spacial score (nSPS) is 11.8. The summed E-state index contributed by atoms with van der Waals surface area (Å²) >= 11 is 0. The second kappa shape index (κ2) is 8.40. The molecule has 6 heteroatoms. The molecule has 3 aromatic rings. The quantitative estimate of drug-likeness (QED) is 0.697. The van der Waals surface area contributed by atoms with E-state index >= 15 is 0 Å². The summed E-state index contributed by atoms with van der Waals surface area (Å²) in [7, 11) is 1.50. The molecule has 1 amide bonds. The Balaban J connectivity index is 1.85. The SMILES string of the molecule is COc1cc(F)ccc1-c1ccnc(CC(Cc2cccnc2)C(N)=O)c1. The summed E-state index contributed by atoms with van der Waals surface area (Å²) in [5, 5.41) is 0. The number of ether oxygens (including phenoxy) is 1. The summed E-state index contributed by atoms with van der Waals surface area (Å²) < 4.78 is 18.7. The van der Waals surface area contributed by atoms with E-state index in [1.807, 2.05) is 24.3 Å². The van der Waals surface area contributed by atoms with Crippen molar-refractivity contribution in [3.63, 3.8) is 0 Å². The van der Waals surface area contributed by atoms with Gasteiger partial charge in [0.1, 0.15) is 11.6 Å². The topological polar surface area (TPSA) is 78.1 Å². The third-order valence-electron chi connectivity index (χ3n) is 4.35. The summed E-state index contributed by atoms with van der Waals surface area (Å²) in [6.45, 7) is 0. The fourth-order valence-electron chi connectivity index (χ4n) is 2.99. The van der Waals surface area contributed by atoms with Gasteiger partial charge in [0.05, 0.1) is 7.11 Å². The molecule has 1 unspecified atom stereocenters. The Morgan fingerprint density at radius 2 is 2.04 bits per heavy atom. The van der Waals surface area contributed by atoms with Crippen LogP contribution in [0.1, 0.15) is 11.3 Å². The van der Waals surface area contributed by atoms with E-state index in [1.54, 1.807) is 24.7 Å². The Morgan fingerprint density at radius 1 is 1.19 bits per heavy atom. The first-order valence-corrected chi connectivity index (χ1v) is 8.54. The van der Waals surface area contributed by atoms with E-state index in [2.05, 4.69) is 9.97 Å². The Bertz CT molecular complexity index is 932. The number of nitrogens with two attached hydrogens (primary N) is 1. The number of rotatable bonds is 7. The van der Waals surface area contributed by atoms with Gasteiger partial charge in [0.2, 0.25) is 5.91 Å². The zero-order chi connectivity index (χ0) is 19.2. The highest BCUT2D eigenvalue weighted by Gasteiger charge is 2.18. The fourth-order valence-corrected chi connectivity index (χ4v) is 2.99. The molecule has 1 aromatic carbocycles. The van der Waals surface area contributed by atoms with Gasteiger partial charge < -0.3 is 10.5 Å². The predicted molar refractivity (Wildman–Crippen MR) is 101 cm³/mol. The maximum Gasteiger partial charge on any atom is 0.221 e. The minimum atomic E-state index is -0.396. The van der Waals surface area contributed by atoms with Crippen LogP contribution in [0.2, 0.25) is 0 Å². The Morgan fingerprint density at radius 3 is 2.74 bits per heavy atom. The zero-order valence-electron chi connectivity index (χ0n) is 14.9. The number of benzene rings is 1. The number of carbonyl (C=O) groups excluding carboxylic acids is 1. The maximum atomic E-state index is 13.4. The first-order valence-electron chi connectivity index (χ1n) is 8.54. The van der Waals surface area contributed by atoms with E-state index in [0.717, 1.165) is 22.4 Å². The second-order valence-corrected chi connectivity index (χ2v) is 6.25. The summed E-state index contributed by atoms with van der Waals surface area (Å²) in [5.41, 5.74) is 8.86. The number of carbonyl (C=O) groups is 1. The average molecular weight is 365 g/mol. The number of aromatic nitrogens is 2. The molecule has 0 aliphatic rings. The molecule has 138 valence electrons. The molecule has 5 nitrogen and oxygen atoms in total. The van der Waals surface area contributed by atoms with Gasteiger partial charge in [-0.05, 0) is 47.9 Å². The third-order valence-corrected chi connectivity index (χ3v) is 4.35. The van der Waals surface area contributed by atoms with E-state index in [1.165, 1.54) is 19.2 Å². The maximum absolute atomic E-state index is 13.4. The highest BCUT2D eigenvalue weighted by molar-refractivity contribution is 5.77. The summed E-state index contributed by atoms with van der Waals surface area (Å²) in [6, 6.07) is 11.8. The third kappa shape index (κ3) is 4.67. The van der Waals surface area contributed by atoms with Gasteiger partial charge in [-0.15, -0.1) is 0 Å². The van der Waals surface area contributed by atoms with E-state index < -0.39 is 5.92 Å². The van der Waals surface area contributed by atoms with Crippen LogP contribution in [0.5, 0.6) is 5.75 Å². The van der Waals surface area contributed by atoms with E-state index in [4.69, 9.17) is 10.5 Å². The highest BCUT2D eigenvalue weighted by atomic mass is 19.1. The summed E-state index contributed by atoms with van der Waals surface area (Å²) in [6.07, 6.45) is 5.97. The minimum Gasteiger partial charge on any atom is -0.496 e. The molecule has 27 heavy (non-hydrogen) atoms. The van der Waals surface area contributed by atoms with E-state index in [-0.39, 0.29) is 11.7 Å². The standard InChI is InChI=1S/C21H20FN3O2/c1-27-20-12-17(22)4-5-19(20)15-6-8-25-18(10-15)11-16(21(23)26)9-14-3-2-7-24-13-14/h2-8,10,12-13,16H,9,11H2,1H3,(H2,23,26). The van der Waals surface area contributed by atoms with Crippen LogP contribution in [-0.4, -0.2) is 23.0 Å². The van der Waals surface area contributed by atoms with E-state index in [9.17, 15) is 9.18 Å². The van der Waals surface area contributed by atoms with Gasteiger partial charge in [0, 0.05) is 48.3 Å². The number of primary amides is 1. The van der Waals surface area contributed by atoms with Gasteiger partial charge in [-0.3, -0.25) is 14.8 Å². The van der Waals surface area contributed by atoms with Crippen molar-refractivity contribution in [1.29, 1.82) is 0 Å². The van der Waals surface area contributed by atoms with Crippen LogP contribution < -0.4 is 10.5 Å². The van der Waals surface area contributed by atoms with Crippen LogP contribution in [0.15, 0.2) is 61.1 Å². The smallest absolute Gasteiger partial charge is 0.221 e. The largest absolute Gasteiger partial charge is 0.496 e. The van der Waals surface area contributed by atoms with Gasteiger partial charge in [0.25, 0.3) is 0 Å². The Labute approximate surface area is 157 Å². The molecule has 2 heterocycles. The monoisotopic (exact) mass is 365 g/mol. The summed E-state index contributed by atoms with van der Waals surface area (Å²) in [5.74, 6) is -0.707. The minimum absolute atomic E-state index is 0.366. The van der Waals surface area contributed by atoms with Gasteiger partial charge in [-0.1, -0.05) is 6.07 Å². The molecule has 3 rings (SSSR count). The molecule has 0 aliphatic heterocycles. The van der Waals surface area contributed by atoms with Crippen molar-refractivity contribution in [2.45, 2.75) is 12.8 Å². The Kier molecular flexibility index (Phi) is 5.76. The first-order chi connectivity index (χ1) is 13.1. The number of hydrogen-bond donors (Lipinski definition) is 1. The van der Waals surface area contributed by atoms with Crippen LogP contribution >= 0.6 is 0 Å². The zero-order valence-corrected chi connectivity index (χ0v) is 14.9. The predicted octanol–water partition coefficient (Wildman–Crippen LogP) is 3.18. The molecule has 0 spiro atoms. The molecule has 1 atom stereocenters. The van der Waals surface area contributed by atoms with Crippen molar-refractivity contribution >= 4 is 5.91 Å². The Hall–Kier alpha value is -3.28. The highest BCUT2D eigenvalue weighted by Crippen LogP contribution is 2.31. The lowest BCUT2D eigenvalue weighted by atomic mass is 9.93. The summed E-state index contributed by atoms with van der Waals surface area (Å²) in [4.78, 5) is 20.3. The number of pyridine rings is 2. The van der Waals surface area contributed by atoms with Crippen LogP contribution in [-0.2, 0) is 17.6 Å². The van der Waals surface area contributed by atoms with Crippen molar-refractivity contribution in [3.05, 3.63) is 78.1 Å². The van der Waals surface area contributed by atoms with Crippen molar-refractivity contribution in [2.24, 2.45) is 11.7 Å². The van der Waals surface area contributed by atoms with Crippen LogP contribution in [0.4, 0.5) is 4.39 Å². The molecule has 2 aromatic heterocycles. The van der Waals surface area contributed by atoms with Crippen LogP contribution in [0.25, 0.3) is 11.1 Å². The molecule has 0 radical (unpaired) electrons. The van der Waals surface area contributed by atoms with Gasteiger partial charge in [-0.25, -0.2) is 4.39 Å². The first kappa shape index (κ1) is 18.5. The van der Waals surface area contributed by atoms with Crippen molar-refractivity contribution in [1.82, 2.24) is 9.97 Å². The number of nitrogens with zero attached hydrogens (tertiary/aromatic N) is 2. The molecule has 0 fully saturated rings. The molecule has 0 bridgehead atoms. The molecule has 0 saturated heterocycles. The number of amides is 1. The molecule has 0 saturated carbocycles.